The molecule has 0 radical (unpaired) electrons. The van der Waals surface area contributed by atoms with Gasteiger partial charge < -0.3 is 24.1 Å². The highest BCUT2D eigenvalue weighted by Gasteiger charge is 2.32. The van der Waals surface area contributed by atoms with Crippen LogP contribution in [0.4, 0.5) is 24.5 Å². The summed E-state index contributed by atoms with van der Waals surface area (Å²) in [5.74, 6) is -1.13. The first-order valence-electron chi connectivity index (χ1n) is 9.05. The molecule has 0 aliphatic carbocycles. The van der Waals surface area contributed by atoms with E-state index in [1.165, 1.54) is 18.4 Å². The molecule has 0 atom stereocenters. The highest BCUT2D eigenvalue weighted by molar-refractivity contribution is 5.97. The predicted molar refractivity (Wildman–Crippen MR) is 102 cm³/mol. The monoisotopic (exact) mass is 424 g/mol. The SMILES string of the molecule is O=C(COC(=O)/C=C/c1ccco1)Nc1cc(C(F)(F)F)ccc1N1CCOCC1. The number of anilines is 2. The minimum absolute atomic E-state index is 0.0149. The molecule has 2 aromatic rings. The highest BCUT2D eigenvalue weighted by atomic mass is 19.4. The van der Waals surface area contributed by atoms with E-state index in [1.807, 2.05) is 4.90 Å². The maximum absolute atomic E-state index is 13.1. The molecule has 0 bridgehead atoms. The Kier molecular flexibility index (Phi) is 6.78. The maximum Gasteiger partial charge on any atom is 0.416 e. The molecule has 7 nitrogen and oxygen atoms in total. The Bertz CT molecular complexity index is 904. The van der Waals surface area contributed by atoms with Gasteiger partial charge >= 0.3 is 12.1 Å². The summed E-state index contributed by atoms with van der Waals surface area (Å²) in [6, 6.07) is 6.39. The number of nitrogens with one attached hydrogen (secondary N) is 1. The molecule has 1 saturated heterocycles. The summed E-state index contributed by atoms with van der Waals surface area (Å²) < 4.78 is 54.4. The number of carbonyl (C=O) groups excluding carboxylic acids is 2. The van der Waals surface area contributed by atoms with Crippen molar-refractivity contribution in [3.63, 3.8) is 0 Å². The Morgan fingerprint density at radius 1 is 1.20 bits per heavy atom. The van der Waals surface area contributed by atoms with Crippen molar-refractivity contribution in [2.45, 2.75) is 6.18 Å². The smallest absolute Gasteiger partial charge is 0.416 e. The third-order valence-corrected chi connectivity index (χ3v) is 4.22. The molecule has 1 fully saturated rings. The average molecular weight is 424 g/mol. The lowest BCUT2D eigenvalue weighted by molar-refractivity contribution is -0.142. The number of halogens is 3. The second-order valence-corrected chi connectivity index (χ2v) is 6.33. The van der Waals surface area contributed by atoms with Crippen LogP contribution in [-0.4, -0.2) is 44.8 Å². The second-order valence-electron chi connectivity index (χ2n) is 6.33. The number of rotatable bonds is 6. The molecule has 0 spiro atoms. The van der Waals surface area contributed by atoms with Crippen LogP contribution < -0.4 is 10.2 Å². The van der Waals surface area contributed by atoms with E-state index in [4.69, 9.17) is 13.9 Å². The van der Waals surface area contributed by atoms with Crippen LogP contribution in [0.2, 0.25) is 0 Å². The summed E-state index contributed by atoms with van der Waals surface area (Å²) in [6.45, 7) is 1.14. The van der Waals surface area contributed by atoms with E-state index < -0.39 is 30.2 Å². The Labute approximate surface area is 170 Å². The lowest BCUT2D eigenvalue weighted by Gasteiger charge is -2.31. The molecule has 1 aliphatic rings. The zero-order valence-corrected chi connectivity index (χ0v) is 15.8. The standard InChI is InChI=1S/C20H19F3N2O5/c21-20(22,23)14-3-5-17(25-7-10-28-11-8-25)16(12-14)24-18(26)13-30-19(27)6-4-15-2-1-9-29-15/h1-6,9,12H,7-8,10-11,13H2,(H,24,26)/b6-4+. The number of nitrogens with zero attached hydrogens (tertiary/aromatic N) is 1. The first-order chi connectivity index (χ1) is 14.3. The van der Waals surface area contributed by atoms with Gasteiger partial charge in [0.25, 0.3) is 5.91 Å². The Morgan fingerprint density at radius 2 is 1.97 bits per heavy atom. The van der Waals surface area contributed by atoms with Crippen molar-refractivity contribution < 1.29 is 36.7 Å². The molecule has 30 heavy (non-hydrogen) atoms. The minimum Gasteiger partial charge on any atom is -0.465 e. The number of benzene rings is 1. The number of amides is 1. The molecular weight excluding hydrogens is 405 g/mol. The molecule has 160 valence electrons. The van der Waals surface area contributed by atoms with Crippen LogP contribution in [0.5, 0.6) is 0 Å². The van der Waals surface area contributed by atoms with Gasteiger partial charge in [-0.2, -0.15) is 13.2 Å². The predicted octanol–water partition coefficient (Wildman–Crippen LogP) is 3.33. The van der Waals surface area contributed by atoms with Crippen molar-refractivity contribution in [1.82, 2.24) is 0 Å². The number of hydrogen-bond donors (Lipinski definition) is 1. The molecule has 1 aromatic carbocycles. The minimum atomic E-state index is -4.56. The summed E-state index contributed by atoms with van der Waals surface area (Å²) in [7, 11) is 0. The van der Waals surface area contributed by atoms with Gasteiger partial charge in [-0.15, -0.1) is 0 Å². The van der Waals surface area contributed by atoms with Crippen molar-refractivity contribution in [3.05, 3.63) is 54.0 Å². The van der Waals surface area contributed by atoms with E-state index in [0.29, 0.717) is 37.8 Å². The van der Waals surface area contributed by atoms with Crippen molar-refractivity contribution in [2.75, 3.05) is 43.1 Å². The molecule has 0 saturated carbocycles. The Morgan fingerprint density at radius 3 is 2.63 bits per heavy atom. The number of carbonyl (C=O) groups is 2. The van der Waals surface area contributed by atoms with Gasteiger partial charge in [-0.1, -0.05) is 0 Å². The Balaban J connectivity index is 1.66. The first kappa shape index (κ1) is 21.4. The summed E-state index contributed by atoms with van der Waals surface area (Å²) >= 11 is 0. The van der Waals surface area contributed by atoms with E-state index in [-0.39, 0.29) is 5.69 Å². The van der Waals surface area contributed by atoms with E-state index >= 15 is 0 Å². The maximum atomic E-state index is 13.1. The van der Waals surface area contributed by atoms with Crippen LogP contribution in [0.25, 0.3) is 6.08 Å². The van der Waals surface area contributed by atoms with Crippen LogP contribution in [-0.2, 0) is 25.2 Å². The highest BCUT2D eigenvalue weighted by Crippen LogP contribution is 2.35. The fourth-order valence-corrected chi connectivity index (χ4v) is 2.80. The lowest BCUT2D eigenvalue weighted by Crippen LogP contribution is -2.37. The quantitative estimate of drug-likeness (QED) is 0.566. The van der Waals surface area contributed by atoms with Crippen LogP contribution in [0.3, 0.4) is 0 Å². The number of morpholine rings is 1. The molecule has 1 aromatic heterocycles. The second kappa shape index (κ2) is 9.49. The molecule has 1 amide bonds. The first-order valence-corrected chi connectivity index (χ1v) is 9.05. The van der Waals surface area contributed by atoms with Crippen LogP contribution in [0.15, 0.2) is 47.1 Å². The summed E-state index contributed by atoms with van der Waals surface area (Å²) in [5.41, 5.74) is -0.476. The summed E-state index contributed by atoms with van der Waals surface area (Å²) in [4.78, 5) is 25.7. The third-order valence-electron chi connectivity index (χ3n) is 4.22. The van der Waals surface area contributed by atoms with Crippen molar-refractivity contribution in [2.24, 2.45) is 0 Å². The molecular formula is C20H19F3N2O5. The van der Waals surface area contributed by atoms with Crippen molar-refractivity contribution in [1.29, 1.82) is 0 Å². The fraction of sp³-hybridized carbons (Fsp3) is 0.300. The summed E-state index contributed by atoms with van der Waals surface area (Å²) in [6.07, 6.45) is -0.690. The van der Waals surface area contributed by atoms with Crippen LogP contribution in [0.1, 0.15) is 11.3 Å². The molecule has 1 aliphatic heterocycles. The van der Waals surface area contributed by atoms with Gasteiger partial charge in [-0.25, -0.2) is 4.79 Å². The van der Waals surface area contributed by atoms with E-state index in [9.17, 15) is 22.8 Å². The van der Waals surface area contributed by atoms with Gasteiger partial charge in [-0.05, 0) is 36.4 Å². The van der Waals surface area contributed by atoms with Gasteiger partial charge in [0.05, 0.1) is 36.4 Å². The number of alkyl halides is 3. The molecule has 0 unspecified atom stereocenters. The lowest BCUT2D eigenvalue weighted by atomic mass is 10.1. The third kappa shape index (κ3) is 5.86. The van der Waals surface area contributed by atoms with Gasteiger partial charge in [0.15, 0.2) is 6.61 Å². The largest absolute Gasteiger partial charge is 0.465 e. The number of esters is 1. The van der Waals surface area contributed by atoms with Crippen LogP contribution in [0, 0.1) is 0 Å². The molecule has 1 N–H and O–H groups in total. The number of ether oxygens (including phenoxy) is 2. The van der Waals surface area contributed by atoms with E-state index in [1.54, 1.807) is 12.1 Å². The van der Waals surface area contributed by atoms with Crippen molar-refractivity contribution >= 4 is 29.3 Å². The number of furan rings is 1. The fourth-order valence-electron chi connectivity index (χ4n) is 2.80. The average Bonchev–Trinajstić information content (AvgIpc) is 3.24. The summed E-state index contributed by atoms with van der Waals surface area (Å²) in [5, 5.41) is 2.40. The zero-order valence-electron chi connectivity index (χ0n) is 15.8. The van der Waals surface area contributed by atoms with Gasteiger partial charge in [-0.3, -0.25) is 4.79 Å². The zero-order chi connectivity index (χ0) is 21.6. The number of hydrogen-bond acceptors (Lipinski definition) is 6. The topological polar surface area (TPSA) is 81.0 Å². The van der Waals surface area contributed by atoms with Gasteiger partial charge in [0, 0.05) is 19.2 Å². The van der Waals surface area contributed by atoms with E-state index in [0.717, 1.165) is 18.2 Å². The normalized spacial score (nSPS) is 14.7. The molecule has 3 rings (SSSR count). The van der Waals surface area contributed by atoms with Crippen LogP contribution >= 0.6 is 0 Å². The van der Waals surface area contributed by atoms with Gasteiger partial charge in [0.2, 0.25) is 0 Å². The van der Waals surface area contributed by atoms with Crippen molar-refractivity contribution in [3.8, 4) is 0 Å². The Hall–Kier alpha value is -3.27. The molecule has 2 heterocycles. The van der Waals surface area contributed by atoms with Gasteiger partial charge in [0.1, 0.15) is 5.76 Å². The van der Waals surface area contributed by atoms with E-state index in [2.05, 4.69) is 5.32 Å². The molecule has 10 heteroatoms.